The number of rotatable bonds is 0. The fourth-order valence-corrected chi connectivity index (χ4v) is 4.07. The molecule has 4 aromatic heterocycles. The van der Waals surface area contributed by atoms with Gasteiger partial charge in [0.25, 0.3) is 5.91 Å². The van der Waals surface area contributed by atoms with Gasteiger partial charge in [-0.2, -0.15) is 5.10 Å². The first-order valence-corrected chi connectivity index (χ1v) is 9.90. The average Bonchev–Trinajstić information content (AvgIpc) is 3.44. The van der Waals surface area contributed by atoms with E-state index in [2.05, 4.69) is 20.4 Å². The summed E-state index contributed by atoms with van der Waals surface area (Å²) in [5.41, 5.74) is 6.51. The standard InChI is InChI=1S/C21H18N8O/c1-12-13-11-28(27-12)7-4-6-22-21(30)19-20(29-8-3-2-5-16(29)26-19)15-10-23-14-9-24-17(13)18(14)25-15/h2-3,5,8,10-11H,4,6-7,9H2,1H3,(H,22,30). The Hall–Kier alpha value is -3.88. The summed E-state index contributed by atoms with van der Waals surface area (Å²) in [5.74, 6) is -0.223. The molecule has 4 bridgehead atoms. The maximum absolute atomic E-state index is 13.0. The molecule has 6 heterocycles. The number of aromatic nitrogens is 6. The Morgan fingerprint density at radius 2 is 2.10 bits per heavy atom. The molecule has 0 saturated carbocycles. The number of carbonyl (C=O) groups excluding carboxylic acids is 1. The Labute approximate surface area is 171 Å². The minimum Gasteiger partial charge on any atom is -0.351 e. The Morgan fingerprint density at radius 1 is 1.17 bits per heavy atom. The van der Waals surface area contributed by atoms with E-state index < -0.39 is 0 Å². The molecular weight excluding hydrogens is 380 g/mol. The number of carbonyl (C=O) groups is 1. The molecule has 6 rings (SSSR count). The molecule has 0 radical (unpaired) electrons. The van der Waals surface area contributed by atoms with Crippen LogP contribution < -0.4 is 5.32 Å². The zero-order valence-corrected chi connectivity index (χ0v) is 16.3. The number of hydrogen-bond acceptors (Lipinski definition) is 6. The summed E-state index contributed by atoms with van der Waals surface area (Å²) in [6.45, 7) is 3.69. The van der Waals surface area contributed by atoms with E-state index in [1.807, 2.05) is 46.6 Å². The third-order valence-corrected chi connectivity index (χ3v) is 5.50. The maximum Gasteiger partial charge on any atom is 0.272 e. The Bertz CT molecular complexity index is 1360. The van der Waals surface area contributed by atoms with Crippen LogP contribution in [0, 0.1) is 6.92 Å². The van der Waals surface area contributed by atoms with Crippen molar-refractivity contribution in [3.05, 3.63) is 65.1 Å². The van der Waals surface area contributed by atoms with Gasteiger partial charge >= 0.3 is 0 Å². The highest BCUT2D eigenvalue weighted by atomic mass is 16.1. The number of imidazole rings is 1. The monoisotopic (exact) mass is 398 g/mol. The molecule has 1 N–H and O–H groups in total. The van der Waals surface area contributed by atoms with Crippen LogP contribution in [-0.4, -0.2) is 47.3 Å². The fraction of sp³-hybridized carbons (Fsp3) is 0.238. The lowest BCUT2D eigenvalue weighted by atomic mass is 10.1. The zero-order valence-electron chi connectivity index (χ0n) is 16.3. The quantitative estimate of drug-likeness (QED) is 0.486. The van der Waals surface area contributed by atoms with Crippen molar-refractivity contribution in [1.29, 1.82) is 0 Å². The van der Waals surface area contributed by atoms with Gasteiger partial charge in [0.05, 0.1) is 29.8 Å². The van der Waals surface area contributed by atoms with Gasteiger partial charge in [-0.3, -0.25) is 23.9 Å². The fourth-order valence-electron chi connectivity index (χ4n) is 4.07. The lowest BCUT2D eigenvalue weighted by Gasteiger charge is -2.09. The van der Waals surface area contributed by atoms with Crippen LogP contribution in [0.1, 0.15) is 39.6 Å². The molecule has 1 amide bonds. The maximum atomic E-state index is 13.0. The molecule has 0 aromatic carbocycles. The normalized spacial score (nSPS) is 15.5. The highest BCUT2D eigenvalue weighted by Crippen LogP contribution is 2.28. The van der Waals surface area contributed by atoms with Gasteiger partial charge in [0.15, 0.2) is 5.69 Å². The van der Waals surface area contributed by atoms with Gasteiger partial charge in [-0.05, 0) is 25.5 Å². The zero-order chi connectivity index (χ0) is 20.2. The number of aryl methyl sites for hydroxylation is 2. The summed E-state index contributed by atoms with van der Waals surface area (Å²) in [7, 11) is 0. The third-order valence-electron chi connectivity index (χ3n) is 5.50. The lowest BCUT2D eigenvalue weighted by Crippen LogP contribution is -2.26. The summed E-state index contributed by atoms with van der Waals surface area (Å²) in [4.78, 5) is 31.8. The highest BCUT2D eigenvalue weighted by Gasteiger charge is 2.27. The highest BCUT2D eigenvalue weighted by molar-refractivity contribution is 6.14. The Kier molecular flexibility index (Phi) is 3.58. The van der Waals surface area contributed by atoms with Crippen LogP contribution in [0.15, 0.2) is 41.8 Å². The first kappa shape index (κ1) is 17.0. The van der Waals surface area contributed by atoms with E-state index in [4.69, 9.17) is 9.98 Å². The van der Waals surface area contributed by atoms with Crippen LogP contribution in [0.4, 0.5) is 0 Å². The smallest absolute Gasteiger partial charge is 0.272 e. The van der Waals surface area contributed by atoms with Gasteiger partial charge in [0, 0.05) is 31.0 Å². The van der Waals surface area contributed by atoms with E-state index in [0.29, 0.717) is 42.4 Å². The summed E-state index contributed by atoms with van der Waals surface area (Å²) < 4.78 is 3.78. The number of pyridine rings is 1. The first-order valence-electron chi connectivity index (χ1n) is 9.90. The molecule has 9 heteroatoms. The van der Waals surface area contributed by atoms with E-state index in [0.717, 1.165) is 34.8 Å². The van der Waals surface area contributed by atoms with E-state index >= 15 is 0 Å². The van der Waals surface area contributed by atoms with Crippen molar-refractivity contribution < 1.29 is 4.79 Å². The van der Waals surface area contributed by atoms with Crippen molar-refractivity contribution in [2.75, 3.05) is 6.54 Å². The third kappa shape index (κ3) is 2.48. The number of fused-ring (bicyclic) bond motifs is 8. The molecule has 0 fully saturated rings. The van der Waals surface area contributed by atoms with Gasteiger partial charge in [-0.15, -0.1) is 0 Å². The largest absolute Gasteiger partial charge is 0.351 e. The Balaban J connectivity index is 1.62. The molecule has 30 heavy (non-hydrogen) atoms. The topological polar surface area (TPSA) is 102 Å². The molecule has 0 unspecified atom stereocenters. The van der Waals surface area contributed by atoms with Crippen molar-refractivity contribution in [3.8, 4) is 11.4 Å². The minimum atomic E-state index is -0.223. The van der Waals surface area contributed by atoms with Crippen molar-refractivity contribution in [2.45, 2.75) is 26.4 Å². The van der Waals surface area contributed by atoms with Crippen molar-refractivity contribution in [2.24, 2.45) is 4.99 Å². The average molecular weight is 398 g/mol. The molecule has 0 atom stereocenters. The summed E-state index contributed by atoms with van der Waals surface area (Å²) in [6, 6.07) is 5.68. The molecule has 2 aliphatic rings. The van der Waals surface area contributed by atoms with Crippen LogP contribution in [0.3, 0.4) is 0 Å². The molecule has 4 aromatic rings. The van der Waals surface area contributed by atoms with Crippen LogP contribution in [0.2, 0.25) is 0 Å². The number of hydrogen-bond donors (Lipinski definition) is 1. The van der Waals surface area contributed by atoms with Crippen LogP contribution >= 0.6 is 0 Å². The Morgan fingerprint density at radius 3 is 3.03 bits per heavy atom. The van der Waals surface area contributed by atoms with Gasteiger partial charge in [-0.1, -0.05) is 6.07 Å². The molecule has 0 spiro atoms. The van der Waals surface area contributed by atoms with Gasteiger partial charge in [0.2, 0.25) is 0 Å². The summed E-state index contributed by atoms with van der Waals surface area (Å²) >= 11 is 0. The van der Waals surface area contributed by atoms with E-state index in [9.17, 15) is 4.79 Å². The van der Waals surface area contributed by atoms with E-state index in [-0.39, 0.29) is 5.91 Å². The molecular formula is C21H18N8O. The number of nitrogens with zero attached hydrogens (tertiary/aromatic N) is 7. The predicted molar refractivity (Wildman–Crippen MR) is 109 cm³/mol. The molecule has 2 aliphatic heterocycles. The minimum absolute atomic E-state index is 0.223. The predicted octanol–water partition coefficient (Wildman–Crippen LogP) is 1.78. The van der Waals surface area contributed by atoms with E-state index in [1.54, 1.807) is 6.20 Å². The molecule has 0 saturated heterocycles. The summed E-state index contributed by atoms with van der Waals surface area (Å²) in [5, 5.41) is 7.59. The van der Waals surface area contributed by atoms with Crippen LogP contribution in [0.25, 0.3) is 17.0 Å². The first-order chi connectivity index (χ1) is 14.7. The van der Waals surface area contributed by atoms with Crippen LogP contribution in [0.5, 0.6) is 0 Å². The molecule has 148 valence electrons. The van der Waals surface area contributed by atoms with E-state index in [1.165, 1.54) is 0 Å². The lowest BCUT2D eigenvalue weighted by molar-refractivity contribution is 0.0949. The molecule has 9 nitrogen and oxygen atoms in total. The second kappa shape index (κ2) is 6.31. The van der Waals surface area contributed by atoms with Crippen molar-refractivity contribution in [1.82, 2.24) is 34.4 Å². The molecule has 0 aliphatic carbocycles. The number of amides is 1. The van der Waals surface area contributed by atoms with Gasteiger partial charge < -0.3 is 5.32 Å². The van der Waals surface area contributed by atoms with Gasteiger partial charge in [-0.25, -0.2) is 9.97 Å². The second-order valence-electron chi connectivity index (χ2n) is 7.45. The SMILES string of the molecule is Cc1nn2cc1C1=NCc3ncc(nc31)-c1c(nc3ccccn13)C(=O)NCCC2. The van der Waals surface area contributed by atoms with Crippen molar-refractivity contribution >= 4 is 17.3 Å². The van der Waals surface area contributed by atoms with Crippen molar-refractivity contribution in [3.63, 3.8) is 0 Å². The van der Waals surface area contributed by atoms with Gasteiger partial charge in [0.1, 0.15) is 22.7 Å². The number of nitrogens with one attached hydrogen (secondary N) is 1. The second-order valence-corrected chi connectivity index (χ2v) is 7.45. The number of aliphatic imine (C=N–C) groups is 1. The van der Waals surface area contributed by atoms with Crippen LogP contribution in [-0.2, 0) is 13.1 Å². The summed E-state index contributed by atoms with van der Waals surface area (Å²) in [6.07, 6.45) is 6.35.